The van der Waals surface area contributed by atoms with Gasteiger partial charge in [0.2, 0.25) is 0 Å². The summed E-state index contributed by atoms with van der Waals surface area (Å²) < 4.78 is 2.20. The van der Waals surface area contributed by atoms with E-state index in [9.17, 15) is 0 Å². The summed E-state index contributed by atoms with van der Waals surface area (Å²) >= 11 is 10.4. The fraction of sp³-hybridized carbons (Fsp3) is 0.273. The number of benzene rings is 1. The van der Waals surface area contributed by atoms with Crippen LogP contribution in [0, 0.1) is 0 Å². The summed E-state index contributed by atoms with van der Waals surface area (Å²) in [4.78, 5) is 0. The lowest BCUT2D eigenvalue weighted by atomic mass is 10.1. The third kappa shape index (κ3) is 3.87. The predicted octanol–water partition coefficient (Wildman–Crippen LogP) is 5.40. The van der Waals surface area contributed by atoms with Gasteiger partial charge in [-0.3, -0.25) is 0 Å². The minimum Gasteiger partial charge on any atom is -0.0880 e. The van der Waals surface area contributed by atoms with Crippen LogP contribution < -0.4 is 0 Å². The summed E-state index contributed by atoms with van der Waals surface area (Å²) in [5.41, 5.74) is 2.62. The second-order valence-electron chi connectivity index (χ2n) is 2.99. The van der Waals surface area contributed by atoms with Crippen molar-refractivity contribution in [2.75, 3.05) is 5.33 Å². The highest BCUT2D eigenvalue weighted by molar-refractivity contribution is 9.11. The van der Waals surface area contributed by atoms with E-state index in [2.05, 4.69) is 72.9 Å². The molecule has 0 aliphatic heterocycles. The van der Waals surface area contributed by atoms with Crippen molar-refractivity contribution in [1.82, 2.24) is 0 Å². The Morgan fingerprint density at radius 3 is 2.21 bits per heavy atom. The summed E-state index contributed by atoms with van der Waals surface area (Å²) in [5.74, 6) is 0. The van der Waals surface area contributed by atoms with Crippen LogP contribution in [0.4, 0.5) is 0 Å². The Morgan fingerprint density at radius 2 is 1.79 bits per heavy atom. The second kappa shape index (κ2) is 6.09. The Bertz CT molecular complexity index is 316. The zero-order chi connectivity index (χ0) is 10.6. The number of hydrogen-bond donors (Lipinski definition) is 0. The van der Waals surface area contributed by atoms with Crippen LogP contribution in [0.2, 0.25) is 0 Å². The van der Waals surface area contributed by atoms with Gasteiger partial charge in [-0.15, -0.1) is 0 Å². The average Bonchev–Trinajstić information content (AvgIpc) is 2.12. The van der Waals surface area contributed by atoms with E-state index in [0.717, 1.165) is 20.7 Å². The first-order chi connectivity index (χ1) is 6.65. The van der Waals surface area contributed by atoms with Crippen LogP contribution in [0.1, 0.15) is 18.9 Å². The molecule has 0 bridgehead atoms. The first-order valence-electron chi connectivity index (χ1n) is 4.37. The highest BCUT2D eigenvalue weighted by atomic mass is 79.9. The molecule has 0 saturated carbocycles. The molecule has 0 aliphatic rings. The molecule has 0 heterocycles. The molecule has 1 aromatic carbocycles. The van der Waals surface area contributed by atoms with Crippen molar-refractivity contribution in [2.24, 2.45) is 0 Å². The van der Waals surface area contributed by atoms with Gasteiger partial charge in [0.25, 0.3) is 0 Å². The molecular weight excluding hydrogens is 372 g/mol. The molecule has 0 amide bonds. The Balaban J connectivity index is 3.01. The van der Waals surface area contributed by atoms with Gasteiger partial charge in [0.1, 0.15) is 0 Å². The SMILES string of the molecule is CC/C(=C/c1cc(Br)cc(Br)c1)CBr. The smallest absolute Gasteiger partial charge is 0.0245 e. The summed E-state index contributed by atoms with van der Waals surface area (Å²) in [6.45, 7) is 2.17. The molecule has 0 spiro atoms. The number of alkyl halides is 1. The van der Waals surface area contributed by atoms with E-state index in [1.165, 1.54) is 11.1 Å². The van der Waals surface area contributed by atoms with Crippen LogP contribution in [0.3, 0.4) is 0 Å². The molecule has 0 atom stereocenters. The highest BCUT2D eigenvalue weighted by Crippen LogP contribution is 2.22. The predicted molar refractivity (Wildman–Crippen MR) is 73.9 cm³/mol. The zero-order valence-electron chi connectivity index (χ0n) is 7.86. The zero-order valence-corrected chi connectivity index (χ0v) is 12.6. The van der Waals surface area contributed by atoms with E-state index in [1.807, 2.05) is 6.07 Å². The molecule has 0 N–H and O–H groups in total. The monoisotopic (exact) mass is 380 g/mol. The maximum Gasteiger partial charge on any atom is 0.0245 e. The van der Waals surface area contributed by atoms with Crippen molar-refractivity contribution in [3.05, 3.63) is 38.3 Å². The Hall–Kier alpha value is 0.400. The standard InChI is InChI=1S/C11H11Br3/c1-2-8(7-12)3-9-4-10(13)6-11(14)5-9/h3-6H,2,7H2,1H3/b8-3-. The third-order valence-electron chi connectivity index (χ3n) is 1.88. The van der Waals surface area contributed by atoms with Gasteiger partial charge >= 0.3 is 0 Å². The lowest BCUT2D eigenvalue weighted by Gasteiger charge is -2.01. The van der Waals surface area contributed by atoms with Crippen molar-refractivity contribution >= 4 is 53.9 Å². The summed E-state index contributed by atoms with van der Waals surface area (Å²) in [6.07, 6.45) is 3.29. The maximum absolute atomic E-state index is 3.48. The van der Waals surface area contributed by atoms with Crippen LogP contribution in [0.15, 0.2) is 32.7 Å². The van der Waals surface area contributed by atoms with Gasteiger partial charge in [0.05, 0.1) is 0 Å². The summed E-state index contributed by atoms with van der Waals surface area (Å²) in [5, 5.41) is 0.938. The molecule has 3 heteroatoms. The van der Waals surface area contributed by atoms with Crippen molar-refractivity contribution in [3.63, 3.8) is 0 Å². The third-order valence-corrected chi connectivity index (χ3v) is 3.52. The molecule has 0 aliphatic carbocycles. The summed E-state index contributed by atoms with van der Waals surface area (Å²) in [7, 11) is 0. The van der Waals surface area contributed by atoms with Crippen LogP contribution in [0.25, 0.3) is 6.08 Å². The molecule has 0 saturated heterocycles. The largest absolute Gasteiger partial charge is 0.0880 e. The topological polar surface area (TPSA) is 0 Å². The van der Waals surface area contributed by atoms with Crippen LogP contribution >= 0.6 is 47.8 Å². The van der Waals surface area contributed by atoms with E-state index in [4.69, 9.17) is 0 Å². The number of rotatable bonds is 3. The molecule has 76 valence electrons. The molecule has 0 unspecified atom stereocenters. The molecule has 0 fully saturated rings. The first-order valence-corrected chi connectivity index (χ1v) is 7.08. The lowest BCUT2D eigenvalue weighted by Crippen LogP contribution is -1.82. The van der Waals surface area contributed by atoms with Crippen LogP contribution in [-0.4, -0.2) is 5.33 Å². The molecule has 1 aromatic rings. The van der Waals surface area contributed by atoms with Crippen molar-refractivity contribution in [3.8, 4) is 0 Å². The first kappa shape index (κ1) is 12.5. The Kier molecular flexibility index (Phi) is 5.42. The quantitative estimate of drug-likeness (QED) is 0.614. The molecule has 0 nitrogen and oxygen atoms in total. The molecule has 0 aromatic heterocycles. The minimum atomic E-state index is 0.938. The second-order valence-corrected chi connectivity index (χ2v) is 5.38. The highest BCUT2D eigenvalue weighted by Gasteiger charge is 1.97. The van der Waals surface area contributed by atoms with Crippen LogP contribution in [-0.2, 0) is 0 Å². The van der Waals surface area contributed by atoms with E-state index < -0.39 is 0 Å². The van der Waals surface area contributed by atoms with E-state index in [-0.39, 0.29) is 0 Å². The number of hydrogen-bond acceptors (Lipinski definition) is 0. The van der Waals surface area contributed by atoms with Crippen molar-refractivity contribution < 1.29 is 0 Å². The van der Waals surface area contributed by atoms with Gasteiger partial charge in [-0.2, -0.15) is 0 Å². The summed E-state index contributed by atoms with van der Waals surface area (Å²) in [6, 6.07) is 6.27. The van der Waals surface area contributed by atoms with E-state index in [0.29, 0.717) is 0 Å². The van der Waals surface area contributed by atoms with Crippen LogP contribution in [0.5, 0.6) is 0 Å². The normalized spacial score (nSPS) is 11.9. The fourth-order valence-electron chi connectivity index (χ4n) is 1.13. The van der Waals surface area contributed by atoms with Gasteiger partial charge in [-0.1, -0.05) is 66.4 Å². The van der Waals surface area contributed by atoms with Gasteiger partial charge in [0.15, 0.2) is 0 Å². The molecule has 0 radical (unpaired) electrons. The fourth-order valence-corrected chi connectivity index (χ4v) is 3.02. The van der Waals surface area contributed by atoms with E-state index in [1.54, 1.807) is 0 Å². The molecule has 1 rings (SSSR count). The molecule has 14 heavy (non-hydrogen) atoms. The van der Waals surface area contributed by atoms with Gasteiger partial charge in [-0.25, -0.2) is 0 Å². The van der Waals surface area contributed by atoms with E-state index >= 15 is 0 Å². The number of allylic oxidation sites excluding steroid dienone is 1. The number of halogens is 3. The Labute approximate surface area is 110 Å². The Morgan fingerprint density at radius 1 is 1.21 bits per heavy atom. The van der Waals surface area contributed by atoms with Crippen molar-refractivity contribution in [1.29, 1.82) is 0 Å². The minimum absolute atomic E-state index is 0.938. The van der Waals surface area contributed by atoms with Gasteiger partial charge in [-0.05, 0) is 30.2 Å². The van der Waals surface area contributed by atoms with Gasteiger partial charge < -0.3 is 0 Å². The molecular formula is C11H11Br3. The maximum atomic E-state index is 3.48. The van der Waals surface area contributed by atoms with Gasteiger partial charge in [0, 0.05) is 14.3 Å². The van der Waals surface area contributed by atoms with Crippen molar-refractivity contribution in [2.45, 2.75) is 13.3 Å². The lowest BCUT2D eigenvalue weighted by molar-refractivity contribution is 1.12. The average molecular weight is 383 g/mol.